The predicted molar refractivity (Wildman–Crippen MR) is 110 cm³/mol. The first-order chi connectivity index (χ1) is 13.6. The number of thiazole rings is 1. The summed E-state index contributed by atoms with van der Waals surface area (Å²) in [5, 5.41) is 14.2. The first-order valence-corrected chi connectivity index (χ1v) is 10.4. The van der Waals surface area contributed by atoms with Crippen molar-refractivity contribution in [2.45, 2.75) is 30.8 Å². The van der Waals surface area contributed by atoms with Gasteiger partial charge in [-0.3, -0.25) is 4.79 Å². The van der Waals surface area contributed by atoms with Crippen LogP contribution >= 0.6 is 23.1 Å². The second kappa shape index (κ2) is 9.07. The number of carbonyl (C=O) groups is 1. The van der Waals surface area contributed by atoms with Crippen LogP contribution < -0.4 is 14.8 Å². The third kappa shape index (κ3) is 4.28. The zero-order chi connectivity index (χ0) is 20.1. The molecule has 1 aromatic carbocycles. The SMILES string of the molecule is CCn1c(S[C@H](C)C(=O)Nc2nccs2)nnc1-c1ccc(OC)c(OC)c1. The maximum atomic E-state index is 12.4. The van der Waals surface area contributed by atoms with E-state index in [-0.39, 0.29) is 11.2 Å². The Labute approximate surface area is 171 Å². The number of carbonyl (C=O) groups excluding carboxylic acids is 1. The Balaban J connectivity index is 1.81. The molecule has 1 N–H and O–H groups in total. The van der Waals surface area contributed by atoms with Crippen LogP contribution in [0.4, 0.5) is 5.13 Å². The molecule has 0 fully saturated rings. The molecule has 1 amide bonds. The van der Waals surface area contributed by atoms with Crippen LogP contribution in [0.2, 0.25) is 0 Å². The minimum absolute atomic E-state index is 0.127. The maximum Gasteiger partial charge on any atom is 0.239 e. The lowest BCUT2D eigenvalue weighted by Gasteiger charge is -2.12. The molecule has 0 aliphatic heterocycles. The summed E-state index contributed by atoms with van der Waals surface area (Å²) in [5.41, 5.74) is 0.860. The van der Waals surface area contributed by atoms with Crippen LogP contribution in [-0.4, -0.2) is 45.1 Å². The standard InChI is InChI=1S/C18H21N5O3S2/c1-5-23-15(12-6-7-13(25-3)14(10-12)26-4)21-22-18(23)28-11(2)16(24)20-17-19-8-9-27-17/h6-11H,5H2,1-4H3,(H,19,20,24)/t11-/m1/s1. The number of benzene rings is 1. The first-order valence-electron chi connectivity index (χ1n) is 8.60. The van der Waals surface area contributed by atoms with Gasteiger partial charge in [-0.2, -0.15) is 0 Å². The number of rotatable bonds is 8. The van der Waals surface area contributed by atoms with E-state index in [9.17, 15) is 4.79 Å². The van der Waals surface area contributed by atoms with Crippen LogP contribution in [0, 0.1) is 0 Å². The third-order valence-corrected chi connectivity index (χ3v) is 5.76. The molecule has 0 aliphatic carbocycles. The van der Waals surface area contributed by atoms with Crippen molar-refractivity contribution in [1.29, 1.82) is 0 Å². The van der Waals surface area contributed by atoms with Crippen LogP contribution in [0.15, 0.2) is 34.9 Å². The van der Waals surface area contributed by atoms with E-state index in [1.807, 2.05) is 42.0 Å². The monoisotopic (exact) mass is 419 g/mol. The maximum absolute atomic E-state index is 12.4. The van der Waals surface area contributed by atoms with Gasteiger partial charge in [0.25, 0.3) is 0 Å². The van der Waals surface area contributed by atoms with Crippen molar-refractivity contribution < 1.29 is 14.3 Å². The summed E-state index contributed by atoms with van der Waals surface area (Å²) in [5.74, 6) is 1.85. The molecule has 8 nitrogen and oxygen atoms in total. The van der Waals surface area contributed by atoms with E-state index in [1.54, 1.807) is 20.4 Å². The van der Waals surface area contributed by atoms with Crippen molar-refractivity contribution >= 4 is 34.1 Å². The van der Waals surface area contributed by atoms with Crippen molar-refractivity contribution in [3.63, 3.8) is 0 Å². The van der Waals surface area contributed by atoms with Gasteiger partial charge in [-0.1, -0.05) is 11.8 Å². The number of hydrogen-bond donors (Lipinski definition) is 1. The molecule has 10 heteroatoms. The zero-order valence-corrected chi connectivity index (χ0v) is 17.6. The Morgan fingerprint density at radius 2 is 2.07 bits per heavy atom. The Morgan fingerprint density at radius 3 is 2.71 bits per heavy atom. The second-order valence-corrected chi connectivity index (χ2v) is 7.91. The Kier molecular flexibility index (Phi) is 6.53. The van der Waals surface area contributed by atoms with Gasteiger partial charge in [0.05, 0.1) is 19.5 Å². The van der Waals surface area contributed by atoms with Crippen molar-refractivity contribution in [3.05, 3.63) is 29.8 Å². The van der Waals surface area contributed by atoms with E-state index in [0.29, 0.717) is 34.2 Å². The van der Waals surface area contributed by atoms with E-state index in [0.717, 1.165) is 5.56 Å². The zero-order valence-electron chi connectivity index (χ0n) is 16.0. The van der Waals surface area contributed by atoms with Gasteiger partial charge in [0.2, 0.25) is 5.91 Å². The molecule has 0 radical (unpaired) electrons. The minimum atomic E-state index is -0.350. The normalized spacial score (nSPS) is 11.9. The smallest absolute Gasteiger partial charge is 0.239 e. The molecule has 0 saturated heterocycles. The number of nitrogens with one attached hydrogen (secondary N) is 1. The predicted octanol–water partition coefficient (Wildman–Crippen LogP) is 3.56. The lowest BCUT2D eigenvalue weighted by Crippen LogP contribution is -2.22. The molecule has 28 heavy (non-hydrogen) atoms. The number of hydrogen-bond acceptors (Lipinski definition) is 8. The summed E-state index contributed by atoms with van der Waals surface area (Å²) in [4.78, 5) is 16.5. The number of nitrogens with zero attached hydrogens (tertiary/aromatic N) is 4. The highest BCUT2D eigenvalue weighted by molar-refractivity contribution is 8.00. The summed E-state index contributed by atoms with van der Waals surface area (Å²) in [6.45, 7) is 4.51. The molecule has 3 rings (SSSR count). The fraction of sp³-hybridized carbons (Fsp3) is 0.333. The van der Waals surface area contributed by atoms with Gasteiger partial charge in [-0.05, 0) is 32.0 Å². The molecule has 0 unspecified atom stereocenters. The molecule has 3 aromatic rings. The van der Waals surface area contributed by atoms with Gasteiger partial charge in [-0.15, -0.1) is 21.5 Å². The largest absolute Gasteiger partial charge is 0.493 e. The summed E-state index contributed by atoms with van der Waals surface area (Å²) in [7, 11) is 3.19. The Morgan fingerprint density at radius 1 is 1.29 bits per heavy atom. The van der Waals surface area contributed by atoms with Gasteiger partial charge in [0.1, 0.15) is 0 Å². The molecule has 2 aromatic heterocycles. The van der Waals surface area contributed by atoms with Crippen LogP contribution in [-0.2, 0) is 11.3 Å². The molecule has 148 valence electrons. The molecule has 2 heterocycles. The highest BCUT2D eigenvalue weighted by atomic mass is 32.2. The lowest BCUT2D eigenvalue weighted by atomic mass is 10.2. The van der Waals surface area contributed by atoms with Crippen LogP contribution in [0.3, 0.4) is 0 Å². The summed E-state index contributed by atoms with van der Waals surface area (Å²) in [6, 6.07) is 5.60. The van der Waals surface area contributed by atoms with Gasteiger partial charge < -0.3 is 19.4 Å². The molecule has 0 bridgehead atoms. The van der Waals surface area contributed by atoms with Gasteiger partial charge in [-0.25, -0.2) is 4.98 Å². The molecular formula is C18H21N5O3S2. The summed E-state index contributed by atoms with van der Waals surface area (Å²) in [6.07, 6.45) is 1.65. The van der Waals surface area contributed by atoms with Gasteiger partial charge >= 0.3 is 0 Å². The quantitative estimate of drug-likeness (QED) is 0.558. The average molecular weight is 420 g/mol. The van der Waals surface area contributed by atoms with E-state index in [4.69, 9.17) is 9.47 Å². The molecule has 0 saturated carbocycles. The fourth-order valence-electron chi connectivity index (χ4n) is 2.55. The second-order valence-electron chi connectivity index (χ2n) is 5.71. The highest BCUT2D eigenvalue weighted by Crippen LogP contribution is 2.33. The lowest BCUT2D eigenvalue weighted by molar-refractivity contribution is -0.115. The molecule has 1 atom stereocenters. The van der Waals surface area contributed by atoms with Crippen molar-refractivity contribution in [3.8, 4) is 22.9 Å². The number of anilines is 1. The van der Waals surface area contributed by atoms with Crippen LogP contribution in [0.1, 0.15) is 13.8 Å². The van der Waals surface area contributed by atoms with E-state index >= 15 is 0 Å². The van der Waals surface area contributed by atoms with Crippen molar-refractivity contribution in [2.24, 2.45) is 0 Å². The van der Waals surface area contributed by atoms with Crippen LogP contribution in [0.25, 0.3) is 11.4 Å². The van der Waals surface area contributed by atoms with Gasteiger partial charge in [0.15, 0.2) is 27.6 Å². The van der Waals surface area contributed by atoms with E-state index in [2.05, 4.69) is 20.5 Å². The third-order valence-electron chi connectivity index (χ3n) is 3.99. The number of thioether (sulfide) groups is 1. The fourth-order valence-corrected chi connectivity index (χ4v) is 4.00. The Hall–Kier alpha value is -2.59. The number of ether oxygens (including phenoxy) is 2. The topological polar surface area (TPSA) is 91.2 Å². The first kappa shape index (κ1) is 20.2. The van der Waals surface area contributed by atoms with Crippen LogP contribution in [0.5, 0.6) is 11.5 Å². The molecule has 0 spiro atoms. The minimum Gasteiger partial charge on any atom is -0.493 e. The Bertz CT molecular complexity index is 943. The number of aromatic nitrogens is 4. The number of methoxy groups -OCH3 is 2. The van der Waals surface area contributed by atoms with Crippen molar-refractivity contribution in [2.75, 3.05) is 19.5 Å². The summed E-state index contributed by atoms with van der Waals surface area (Å²) >= 11 is 2.74. The average Bonchev–Trinajstić information content (AvgIpc) is 3.36. The highest BCUT2D eigenvalue weighted by Gasteiger charge is 2.21. The van der Waals surface area contributed by atoms with E-state index in [1.165, 1.54) is 23.1 Å². The van der Waals surface area contributed by atoms with Crippen molar-refractivity contribution in [1.82, 2.24) is 19.7 Å². The number of amides is 1. The summed E-state index contributed by atoms with van der Waals surface area (Å²) < 4.78 is 12.6. The molecular weight excluding hydrogens is 398 g/mol. The van der Waals surface area contributed by atoms with Gasteiger partial charge in [0, 0.05) is 23.7 Å². The molecule has 0 aliphatic rings. The van der Waals surface area contributed by atoms with E-state index < -0.39 is 0 Å².